The molecule has 0 spiro atoms. The minimum Gasteiger partial charge on any atom is -0.337 e. The molecule has 3 rings (SSSR count). The lowest BCUT2D eigenvalue weighted by Crippen LogP contribution is -2.38. The van der Waals surface area contributed by atoms with E-state index in [1.165, 1.54) is 31.5 Å². The number of aromatic nitrogens is 1. The average molecular weight is 343 g/mol. The van der Waals surface area contributed by atoms with E-state index in [0.29, 0.717) is 13.0 Å². The fourth-order valence-corrected chi connectivity index (χ4v) is 3.73. The van der Waals surface area contributed by atoms with Crippen molar-refractivity contribution in [3.05, 3.63) is 52.0 Å². The molecule has 1 amide bonds. The third-order valence-electron chi connectivity index (χ3n) is 4.45. The number of carbonyl (C=O) groups excluding carboxylic acids is 1. The van der Waals surface area contributed by atoms with Crippen molar-refractivity contribution in [1.29, 1.82) is 0 Å². The highest BCUT2D eigenvalue weighted by Gasteiger charge is 2.18. The van der Waals surface area contributed by atoms with Gasteiger partial charge in [0.05, 0.1) is 17.1 Å². The van der Waals surface area contributed by atoms with Gasteiger partial charge in [0.15, 0.2) is 0 Å². The van der Waals surface area contributed by atoms with Crippen molar-refractivity contribution < 1.29 is 4.79 Å². The van der Waals surface area contributed by atoms with E-state index in [2.05, 4.69) is 22.0 Å². The Kier molecular flexibility index (Phi) is 5.99. The molecule has 2 heterocycles. The highest BCUT2D eigenvalue weighted by Crippen LogP contribution is 2.13. The Hall–Kier alpha value is -1.72. The van der Waals surface area contributed by atoms with E-state index in [1.54, 1.807) is 11.3 Å². The van der Waals surface area contributed by atoms with Gasteiger partial charge in [-0.3, -0.25) is 4.79 Å². The van der Waals surface area contributed by atoms with Crippen LogP contribution in [-0.2, 0) is 17.8 Å². The van der Waals surface area contributed by atoms with Crippen LogP contribution in [0.4, 0.5) is 0 Å². The summed E-state index contributed by atoms with van der Waals surface area (Å²) in [5.74, 6) is 0.170. The number of thiazole rings is 1. The van der Waals surface area contributed by atoms with Gasteiger partial charge in [-0.05, 0) is 38.4 Å². The largest absolute Gasteiger partial charge is 0.337 e. The molecule has 0 saturated carbocycles. The number of likely N-dealkylation sites (tertiary alicyclic amines) is 1. The Morgan fingerprint density at radius 3 is 2.67 bits per heavy atom. The molecule has 0 radical (unpaired) electrons. The summed E-state index contributed by atoms with van der Waals surface area (Å²) >= 11 is 1.61. The molecule has 1 aromatic carbocycles. The van der Waals surface area contributed by atoms with Crippen LogP contribution in [0, 0.1) is 6.92 Å². The van der Waals surface area contributed by atoms with E-state index in [9.17, 15) is 4.79 Å². The Morgan fingerprint density at radius 1 is 1.25 bits per heavy atom. The SMILES string of the molecule is Cc1nc(CC(=O)N(CCN2CCCC2)Cc2ccccc2)cs1. The van der Waals surface area contributed by atoms with Crippen LogP contribution in [0.5, 0.6) is 0 Å². The molecular weight excluding hydrogens is 318 g/mol. The van der Waals surface area contributed by atoms with E-state index in [0.717, 1.165) is 23.8 Å². The molecule has 1 saturated heterocycles. The van der Waals surface area contributed by atoms with E-state index in [-0.39, 0.29) is 5.91 Å². The second-order valence-electron chi connectivity index (χ2n) is 6.38. The summed E-state index contributed by atoms with van der Waals surface area (Å²) in [4.78, 5) is 21.7. The number of amides is 1. The first-order valence-corrected chi connectivity index (χ1v) is 9.54. The Morgan fingerprint density at radius 2 is 2.00 bits per heavy atom. The number of carbonyl (C=O) groups is 1. The fourth-order valence-electron chi connectivity index (χ4n) is 3.12. The van der Waals surface area contributed by atoms with Crippen LogP contribution < -0.4 is 0 Å². The van der Waals surface area contributed by atoms with Gasteiger partial charge in [0.2, 0.25) is 5.91 Å². The third-order valence-corrected chi connectivity index (χ3v) is 5.28. The van der Waals surface area contributed by atoms with Crippen LogP contribution in [0.2, 0.25) is 0 Å². The number of aryl methyl sites for hydroxylation is 1. The number of hydrogen-bond acceptors (Lipinski definition) is 4. The molecule has 0 aliphatic carbocycles. The standard InChI is InChI=1S/C19H25N3OS/c1-16-20-18(15-24-16)13-19(23)22(12-11-21-9-5-6-10-21)14-17-7-3-2-4-8-17/h2-4,7-8,15H,5-6,9-14H2,1H3. The Bertz CT molecular complexity index is 650. The van der Waals surface area contributed by atoms with Gasteiger partial charge in [-0.25, -0.2) is 4.98 Å². The molecule has 2 aromatic rings. The summed E-state index contributed by atoms with van der Waals surface area (Å²) in [6.45, 7) is 6.74. The van der Waals surface area contributed by atoms with E-state index >= 15 is 0 Å². The topological polar surface area (TPSA) is 36.4 Å². The lowest BCUT2D eigenvalue weighted by molar-refractivity contribution is -0.131. The lowest BCUT2D eigenvalue weighted by Gasteiger charge is -2.25. The second kappa shape index (κ2) is 8.40. The van der Waals surface area contributed by atoms with Gasteiger partial charge in [-0.15, -0.1) is 11.3 Å². The maximum Gasteiger partial charge on any atom is 0.228 e. The minimum absolute atomic E-state index is 0.170. The van der Waals surface area contributed by atoms with Crippen molar-refractivity contribution >= 4 is 17.2 Å². The van der Waals surface area contributed by atoms with Crippen molar-refractivity contribution in [2.24, 2.45) is 0 Å². The summed E-state index contributed by atoms with van der Waals surface area (Å²) in [6.07, 6.45) is 2.96. The quantitative estimate of drug-likeness (QED) is 0.775. The van der Waals surface area contributed by atoms with Gasteiger partial charge in [0.1, 0.15) is 0 Å². The second-order valence-corrected chi connectivity index (χ2v) is 7.45. The van der Waals surface area contributed by atoms with Gasteiger partial charge in [0, 0.05) is 25.0 Å². The molecule has 0 atom stereocenters. The van der Waals surface area contributed by atoms with Crippen LogP contribution in [0.1, 0.15) is 29.1 Å². The van der Waals surface area contributed by atoms with Gasteiger partial charge in [-0.1, -0.05) is 30.3 Å². The zero-order valence-corrected chi connectivity index (χ0v) is 15.1. The van der Waals surface area contributed by atoms with Crippen molar-refractivity contribution in [3.63, 3.8) is 0 Å². The normalized spacial score (nSPS) is 14.9. The molecule has 5 heteroatoms. The van der Waals surface area contributed by atoms with Crippen LogP contribution in [-0.4, -0.2) is 46.9 Å². The van der Waals surface area contributed by atoms with Crippen molar-refractivity contribution in [1.82, 2.24) is 14.8 Å². The summed E-state index contributed by atoms with van der Waals surface area (Å²) in [6, 6.07) is 10.2. The van der Waals surface area contributed by atoms with Crippen LogP contribution >= 0.6 is 11.3 Å². The molecule has 0 unspecified atom stereocenters. The molecular formula is C19H25N3OS. The van der Waals surface area contributed by atoms with Crippen molar-refractivity contribution in [3.8, 4) is 0 Å². The zero-order valence-electron chi connectivity index (χ0n) is 14.3. The van der Waals surface area contributed by atoms with Crippen molar-refractivity contribution in [2.45, 2.75) is 32.7 Å². The predicted octanol–water partition coefficient (Wildman–Crippen LogP) is 3.12. The lowest BCUT2D eigenvalue weighted by atomic mass is 10.2. The highest BCUT2D eigenvalue weighted by atomic mass is 32.1. The maximum absolute atomic E-state index is 12.8. The number of rotatable bonds is 7. The number of nitrogens with zero attached hydrogens (tertiary/aromatic N) is 3. The van der Waals surface area contributed by atoms with Gasteiger partial charge in [0.25, 0.3) is 0 Å². The molecule has 1 fully saturated rings. The number of benzene rings is 1. The first kappa shape index (κ1) is 17.1. The molecule has 24 heavy (non-hydrogen) atoms. The molecule has 1 aliphatic rings. The molecule has 0 N–H and O–H groups in total. The molecule has 4 nitrogen and oxygen atoms in total. The summed E-state index contributed by atoms with van der Waals surface area (Å²) in [7, 11) is 0. The summed E-state index contributed by atoms with van der Waals surface area (Å²) < 4.78 is 0. The van der Waals surface area contributed by atoms with Crippen LogP contribution in [0.3, 0.4) is 0 Å². The highest BCUT2D eigenvalue weighted by molar-refractivity contribution is 7.09. The molecule has 0 bridgehead atoms. The Labute approximate surface area is 148 Å². The summed E-state index contributed by atoms with van der Waals surface area (Å²) in [5.41, 5.74) is 2.07. The Balaban J connectivity index is 1.64. The molecule has 1 aliphatic heterocycles. The maximum atomic E-state index is 12.8. The van der Waals surface area contributed by atoms with Crippen molar-refractivity contribution in [2.75, 3.05) is 26.2 Å². The van der Waals surface area contributed by atoms with E-state index < -0.39 is 0 Å². The van der Waals surface area contributed by atoms with Crippen LogP contribution in [0.25, 0.3) is 0 Å². The zero-order chi connectivity index (χ0) is 16.8. The predicted molar refractivity (Wildman–Crippen MR) is 98.1 cm³/mol. The smallest absolute Gasteiger partial charge is 0.228 e. The average Bonchev–Trinajstić information content (AvgIpc) is 3.24. The van der Waals surface area contributed by atoms with Gasteiger partial charge in [-0.2, -0.15) is 0 Å². The monoisotopic (exact) mass is 343 g/mol. The minimum atomic E-state index is 0.170. The molecule has 1 aromatic heterocycles. The fraction of sp³-hybridized carbons (Fsp3) is 0.474. The molecule has 128 valence electrons. The first-order chi connectivity index (χ1) is 11.7. The number of hydrogen-bond donors (Lipinski definition) is 0. The van der Waals surface area contributed by atoms with E-state index in [1.807, 2.05) is 35.4 Å². The van der Waals surface area contributed by atoms with Gasteiger partial charge >= 0.3 is 0 Å². The van der Waals surface area contributed by atoms with Gasteiger partial charge < -0.3 is 9.80 Å². The summed E-state index contributed by atoms with van der Waals surface area (Å²) in [5, 5.41) is 3.01. The van der Waals surface area contributed by atoms with Crippen LogP contribution in [0.15, 0.2) is 35.7 Å². The van der Waals surface area contributed by atoms with E-state index in [4.69, 9.17) is 0 Å². The third kappa shape index (κ3) is 4.89. The first-order valence-electron chi connectivity index (χ1n) is 8.66.